The second kappa shape index (κ2) is 8.42. The molecule has 1 fully saturated rings. The van der Waals surface area contributed by atoms with Gasteiger partial charge in [-0.1, -0.05) is 12.1 Å². The number of rotatable bonds is 7. The SMILES string of the molecule is O=C(CCc1ccc(S(=O)(=O)N2CCCC2)cc1)NCc1ccncc1. The highest BCUT2D eigenvalue weighted by atomic mass is 32.2. The van der Waals surface area contributed by atoms with Gasteiger partial charge in [0.05, 0.1) is 4.90 Å². The molecule has 1 aromatic heterocycles. The van der Waals surface area contributed by atoms with Crippen LogP contribution in [0.3, 0.4) is 0 Å². The Morgan fingerprint density at radius 2 is 1.65 bits per heavy atom. The molecule has 1 amide bonds. The molecule has 26 heavy (non-hydrogen) atoms. The van der Waals surface area contributed by atoms with Gasteiger partial charge in [0.25, 0.3) is 0 Å². The molecule has 2 aromatic rings. The summed E-state index contributed by atoms with van der Waals surface area (Å²) >= 11 is 0. The third-order valence-electron chi connectivity index (χ3n) is 4.51. The van der Waals surface area contributed by atoms with Crippen LogP contribution < -0.4 is 5.32 Å². The molecule has 0 atom stereocenters. The van der Waals surface area contributed by atoms with Gasteiger partial charge in [0, 0.05) is 38.4 Å². The van der Waals surface area contributed by atoms with Crippen molar-refractivity contribution < 1.29 is 13.2 Å². The van der Waals surface area contributed by atoms with Crippen LogP contribution in [0.2, 0.25) is 0 Å². The Bertz CT molecular complexity index is 830. The Morgan fingerprint density at radius 3 is 2.31 bits per heavy atom. The van der Waals surface area contributed by atoms with Crippen molar-refractivity contribution in [1.82, 2.24) is 14.6 Å². The lowest BCUT2D eigenvalue weighted by Gasteiger charge is -2.15. The van der Waals surface area contributed by atoms with Crippen LogP contribution in [0.5, 0.6) is 0 Å². The molecule has 1 saturated heterocycles. The molecule has 0 aliphatic carbocycles. The van der Waals surface area contributed by atoms with E-state index in [1.54, 1.807) is 36.7 Å². The van der Waals surface area contributed by atoms with E-state index in [9.17, 15) is 13.2 Å². The van der Waals surface area contributed by atoms with Gasteiger partial charge >= 0.3 is 0 Å². The zero-order valence-electron chi connectivity index (χ0n) is 14.6. The minimum absolute atomic E-state index is 0.0319. The molecule has 1 N–H and O–H groups in total. The molecule has 2 heterocycles. The Kier molecular flexibility index (Phi) is 6.00. The molecule has 0 bridgehead atoms. The van der Waals surface area contributed by atoms with E-state index in [2.05, 4.69) is 10.3 Å². The fourth-order valence-corrected chi connectivity index (χ4v) is 4.47. The molecule has 0 spiro atoms. The van der Waals surface area contributed by atoms with Gasteiger partial charge in [0.2, 0.25) is 15.9 Å². The maximum atomic E-state index is 12.5. The summed E-state index contributed by atoms with van der Waals surface area (Å²) < 4.78 is 26.5. The summed E-state index contributed by atoms with van der Waals surface area (Å²) in [6.45, 7) is 1.68. The smallest absolute Gasteiger partial charge is 0.243 e. The Balaban J connectivity index is 1.50. The van der Waals surface area contributed by atoms with Crippen LogP contribution >= 0.6 is 0 Å². The normalized spacial score (nSPS) is 15.1. The van der Waals surface area contributed by atoms with E-state index < -0.39 is 10.0 Å². The van der Waals surface area contributed by atoms with Gasteiger partial charge in [-0.05, 0) is 54.7 Å². The predicted octanol–water partition coefficient (Wildman–Crippen LogP) is 2.12. The van der Waals surface area contributed by atoms with Crippen molar-refractivity contribution in [2.75, 3.05) is 13.1 Å². The van der Waals surface area contributed by atoms with Crippen molar-refractivity contribution in [2.24, 2.45) is 0 Å². The van der Waals surface area contributed by atoms with Gasteiger partial charge in [-0.15, -0.1) is 0 Å². The van der Waals surface area contributed by atoms with E-state index in [4.69, 9.17) is 0 Å². The lowest BCUT2D eigenvalue weighted by Crippen LogP contribution is -2.27. The van der Waals surface area contributed by atoms with Crippen LogP contribution in [0, 0.1) is 0 Å². The fourth-order valence-electron chi connectivity index (χ4n) is 2.95. The first-order valence-electron chi connectivity index (χ1n) is 8.80. The van der Waals surface area contributed by atoms with Crippen LogP contribution in [-0.4, -0.2) is 36.7 Å². The monoisotopic (exact) mass is 373 g/mol. The number of carbonyl (C=O) groups is 1. The van der Waals surface area contributed by atoms with E-state index in [0.29, 0.717) is 37.4 Å². The summed E-state index contributed by atoms with van der Waals surface area (Å²) in [6, 6.07) is 10.6. The highest BCUT2D eigenvalue weighted by Crippen LogP contribution is 2.21. The number of aromatic nitrogens is 1. The standard InChI is InChI=1S/C19H23N3O3S/c23-19(21-15-17-9-11-20-12-10-17)8-5-16-3-6-18(7-4-16)26(24,25)22-13-1-2-14-22/h3-4,6-7,9-12H,1-2,5,8,13-15H2,(H,21,23). The van der Waals surface area contributed by atoms with Crippen LogP contribution in [0.25, 0.3) is 0 Å². The van der Waals surface area contributed by atoms with Crippen molar-refractivity contribution in [3.05, 3.63) is 59.9 Å². The fraction of sp³-hybridized carbons (Fsp3) is 0.368. The lowest BCUT2D eigenvalue weighted by molar-refractivity contribution is -0.121. The summed E-state index contributed by atoms with van der Waals surface area (Å²) in [5, 5.41) is 2.87. The van der Waals surface area contributed by atoms with Gasteiger partial charge in [0.1, 0.15) is 0 Å². The molecule has 1 aliphatic heterocycles. The van der Waals surface area contributed by atoms with Crippen molar-refractivity contribution in [2.45, 2.75) is 37.1 Å². The van der Waals surface area contributed by atoms with Gasteiger partial charge in [-0.2, -0.15) is 4.31 Å². The van der Waals surface area contributed by atoms with Gasteiger partial charge < -0.3 is 5.32 Å². The third kappa shape index (κ3) is 4.68. The number of pyridine rings is 1. The minimum atomic E-state index is -3.38. The number of sulfonamides is 1. The summed E-state index contributed by atoms with van der Waals surface area (Å²) in [7, 11) is -3.38. The molecule has 7 heteroatoms. The zero-order chi connectivity index (χ0) is 18.4. The predicted molar refractivity (Wildman–Crippen MR) is 98.8 cm³/mol. The minimum Gasteiger partial charge on any atom is -0.352 e. The first kappa shape index (κ1) is 18.5. The van der Waals surface area contributed by atoms with Gasteiger partial charge in [-0.3, -0.25) is 9.78 Å². The van der Waals surface area contributed by atoms with Gasteiger partial charge in [-0.25, -0.2) is 8.42 Å². The van der Waals surface area contributed by atoms with Gasteiger partial charge in [0.15, 0.2) is 0 Å². The molecular formula is C19H23N3O3S. The zero-order valence-corrected chi connectivity index (χ0v) is 15.4. The number of aryl methyl sites for hydroxylation is 1. The van der Waals surface area contributed by atoms with Crippen molar-refractivity contribution in [3.63, 3.8) is 0 Å². The lowest BCUT2D eigenvalue weighted by atomic mass is 10.1. The topological polar surface area (TPSA) is 79.4 Å². The van der Waals surface area contributed by atoms with Crippen molar-refractivity contribution in [1.29, 1.82) is 0 Å². The van der Waals surface area contributed by atoms with E-state index in [-0.39, 0.29) is 5.91 Å². The highest BCUT2D eigenvalue weighted by molar-refractivity contribution is 7.89. The molecule has 0 saturated carbocycles. The Morgan fingerprint density at radius 1 is 1.00 bits per heavy atom. The molecule has 0 radical (unpaired) electrons. The third-order valence-corrected chi connectivity index (χ3v) is 6.42. The van der Waals surface area contributed by atoms with E-state index in [1.165, 1.54) is 4.31 Å². The first-order valence-corrected chi connectivity index (χ1v) is 10.2. The highest BCUT2D eigenvalue weighted by Gasteiger charge is 2.26. The van der Waals surface area contributed by atoms with Crippen molar-refractivity contribution >= 4 is 15.9 Å². The van der Waals surface area contributed by atoms with Crippen LogP contribution in [0.15, 0.2) is 53.7 Å². The molecule has 6 nitrogen and oxygen atoms in total. The molecule has 1 aromatic carbocycles. The largest absolute Gasteiger partial charge is 0.352 e. The average Bonchev–Trinajstić information content (AvgIpc) is 3.21. The van der Waals surface area contributed by atoms with Crippen LogP contribution in [0.1, 0.15) is 30.4 Å². The molecular weight excluding hydrogens is 350 g/mol. The number of hydrogen-bond donors (Lipinski definition) is 1. The quantitative estimate of drug-likeness (QED) is 0.806. The number of nitrogens with zero attached hydrogens (tertiary/aromatic N) is 2. The number of nitrogens with one attached hydrogen (secondary N) is 1. The maximum absolute atomic E-state index is 12.5. The van der Waals surface area contributed by atoms with E-state index in [0.717, 1.165) is 24.0 Å². The van der Waals surface area contributed by atoms with Crippen LogP contribution in [0.4, 0.5) is 0 Å². The van der Waals surface area contributed by atoms with Crippen LogP contribution in [-0.2, 0) is 27.8 Å². The van der Waals surface area contributed by atoms with Crippen molar-refractivity contribution in [3.8, 4) is 0 Å². The summed E-state index contributed by atoms with van der Waals surface area (Å²) in [6.07, 6.45) is 6.17. The summed E-state index contributed by atoms with van der Waals surface area (Å²) in [4.78, 5) is 16.2. The average molecular weight is 373 g/mol. The Hall–Kier alpha value is -2.25. The van der Waals surface area contributed by atoms with E-state index >= 15 is 0 Å². The molecule has 1 aliphatic rings. The first-order chi connectivity index (χ1) is 12.6. The number of benzene rings is 1. The molecule has 0 unspecified atom stereocenters. The Labute approximate surface area is 154 Å². The maximum Gasteiger partial charge on any atom is 0.243 e. The van der Waals surface area contributed by atoms with E-state index in [1.807, 2.05) is 12.1 Å². The number of amides is 1. The molecule has 138 valence electrons. The molecule has 3 rings (SSSR count). The second-order valence-electron chi connectivity index (χ2n) is 6.39. The number of hydrogen-bond acceptors (Lipinski definition) is 4. The second-order valence-corrected chi connectivity index (χ2v) is 8.33. The summed E-state index contributed by atoms with van der Waals surface area (Å²) in [5.41, 5.74) is 1.95. The number of carbonyl (C=O) groups excluding carboxylic acids is 1. The summed E-state index contributed by atoms with van der Waals surface area (Å²) in [5.74, 6) is -0.0319.